The molecule has 3 rings (SSSR count). The Labute approximate surface area is 138 Å². The van der Waals surface area contributed by atoms with Crippen molar-refractivity contribution in [1.82, 2.24) is 19.4 Å². The molecule has 0 aliphatic carbocycles. The monoisotopic (exact) mass is 341 g/mol. The molecule has 1 saturated heterocycles. The molecule has 3 heterocycles. The average Bonchev–Trinajstić information content (AvgIpc) is 2.92. The second-order valence-corrected chi connectivity index (χ2v) is 8.84. The maximum absolute atomic E-state index is 11.9. The highest BCUT2D eigenvalue weighted by Crippen LogP contribution is 2.19. The van der Waals surface area contributed by atoms with Gasteiger partial charge in [-0.1, -0.05) is 0 Å². The zero-order valence-electron chi connectivity index (χ0n) is 14.0. The van der Waals surface area contributed by atoms with Gasteiger partial charge in [-0.2, -0.15) is 5.10 Å². The van der Waals surface area contributed by atoms with Gasteiger partial charge in [-0.25, -0.2) is 17.4 Å². The van der Waals surface area contributed by atoms with Crippen molar-refractivity contribution in [3.05, 3.63) is 11.8 Å². The van der Waals surface area contributed by atoms with Gasteiger partial charge in [0.25, 0.3) is 0 Å². The third-order valence-electron chi connectivity index (χ3n) is 4.81. The summed E-state index contributed by atoms with van der Waals surface area (Å²) < 4.78 is 27.4. The molecule has 2 aliphatic heterocycles. The summed E-state index contributed by atoms with van der Waals surface area (Å²) in [5.74, 6) is 1.82. The minimum Gasteiger partial charge on any atom is -0.370 e. The molecule has 23 heavy (non-hydrogen) atoms. The Morgan fingerprint density at radius 1 is 1.39 bits per heavy atom. The van der Waals surface area contributed by atoms with E-state index in [9.17, 15) is 8.42 Å². The molecule has 2 N–H and O–H groups in total. The van der Waals surface area contributed by atoms with Gasteiger partial charge in [0.1, 0.15) is 5.82 Å². The van der Waals surface area contributed by atoms with Crippen LogP contribution in [0.4, 0.5) is 5.82 Å². The first-order valence-electron chi connectivity index (χ1n) is 8.47. The van der Waals surface area contributed by atoms with Crippen molar-refractivity contribution >= 4 is 15.8 Å². The van der Waals surface area contributed by atoms with E-state index in [4.69, 9.17) is 0 Å². The van der Waals surface area contributed by atoms with Crippen LogP contribution in [0.15, 0.2) is 6.07 Å². The quantitative estimate of drug-likeness (QED) is 0.821. The SMILES string of the molecule is CCS(=O)(=O)N1CCC(NC[C@@H]2CNc3cc(C)nn3C2)CC1. The van der Waals surface area contributed by atoms with Crippen LogP contribution in [0.2, 0.25) is 0 Å². The van der Waals surface area contributed by atoms with Crippen molar-refractivity contribution in [2.24, 2.45) is 5.92 Å². The van der Waals surface area contributed by atoms with Crippen LogP contribution >= 0.6 is 0 Å². The van der Waals surface area contributed by atoms with Crippen molar-refractivity contribution < 1.29 is 8.42 Å². The fourth-order valence-corrected chi connectivity index (χ4v) is 4.51. The van der Waals surface area contributed by atoms with Gasteiger partial charge in [-0.15, -0.1) is 0 Å². The molecule has 0 spiro atoms. The van der Waals surface area contributed by atoms with Crippen LogP contribution in [0, 0.1) is 12.8 Å². The van der Waals surface area contributed by atoms with Crippen LogP contribution in [0.5, 0.6) is 0 Å². The van der Waals surface area contributed by atoms with Crippen molar-refractivity contribution in [3.8, 4) is 0 Å². The largest absolute Gasteiger partial charge is 0.370 e. The molecule has 0 saturated carbocycles. The van der Waals surface area contributed by atoms with E-state index in [-0.39, 0.29) is 5.75 Å². The van der Waals surface area contributed by atoms with E-state index in [0.29, 0.717) is 25.0 Å². The van der Waals surface area contributed by atoms with Gasteiger partial charge in [0.15, 0.2) is 0 Å². The van der Waals surface area contributed by atoms with Crippen LogP contribution in [0.3, 0.4) is 0 Å². The number of piperidine rings is 1. The Morgan fingerprint density at radius 2 is 2.13 bits per heavy atom. The maximum Gasteiger partial charge on any atom is 0.213 e. The Bertz CT molecular complexity index is 634. The number of aromatic nitrogens is 2. The van der Waals surface area contributed by atoms with Gasteiger partial charge in [-0.05, 0) is 26.7 Å². The number of anilines is 1. The zero-order chi connectivity index (χ0) is 16.4. The number of hydrogen-bond acceptors (Lipinski definition) is 5. The van der Waals surface area contributed by atoms with Crippen molar-refractivity contribution in [2.45, 2.75) is 39.3 Å². The number of sulfonamides is 1. The van der Waals surface area contributed by atoms with Crippen LogP contribution in [0.25, 0.3) is 0 Å². The number of nitrogens with zero attached hydrogens (tertiary/aromatic N) is 3. The minimum atomic E-state index is -3.03. The third-order valence-corrected chi connectivity index (χ3v) is 6.69. The molecule has 130 valence electrons. The molecule has 1 fully saturated rings. The fraction of sp³-hybridized carbons (Fsp3) is 0.800. The summed E-state index contributed by atoms with van der Waals surface area (Å²) in [6.07, 6.45) is 1.79. The molecule has 1 aromatic rings. The van der Waals surface area contributed by atoms with E-state index in [0.717, 1.165) is 44.0 Å². The zero-order valence-corrected chi connectivity index (χ0v) is 14.8. The summed E-state index contributed by atoms with van der Waals surface area (Å²) in [7, 11) is -3.03. The highest BCUT2D eigenvalue weighted by Gasteiger charge is 2.27. The highest BCUT2D eigenvalue weighted by atomic mass is 32.2. The first kappa shape index (κ1) is 16.7. The van der Waals surface area contributed by atoms with Gasteiger partial charge >= 0.3 is 0 Å². The lowest BCUT2D eigenvalue weighted by Gasteiger charge is -2.33. The van der Waals surface area contributed by atoms with Crippen molar-refractivity contribution in [2.75, 3.05) is 37.2 Å². The summed E-state index contributed by atoms with van der Waals surface area (Å²) in [5.41, 5.74) is 1.05. The first-order valence-corrected chi connectivity index (χ1v) is 10.1. The maximum atomic E-state index is 11.9. The van der Waals surface area contributed by atoms with E-state index in [1.54, 1.807) is 11.2 Å². The lowest BCUT2D eigenvalue weighted by atomic mass is 10.0. The summed E-state index contributed by atoms with van der Waals surface area (Å²) in [6, 6.07) is 2.49. The van der Waals surface area contributed by atoms with Crippen LogP contribution in [0.1, 0.15) is 25.5 Å². The van der Waals surface area contributed by atoms with E-state index in [1.807, 2.05) is 11.6 Å². The lowest BCUT2D eigenvalue weighted by molar-refractivity contribution is 0.274. The van der Waals surface area contributed by atoms with Gasteiger partial charge in [-0.3, -0.25) is 0 Å². The van der Waals surface area contributed by atoms with Gasteiger partial charge in [0.2, 0.25) is 10.0 Å². The van der Waals surface area contributed by atoms with Crippen molar-refractivity contribution in [3.63, 3.8) is 0 Å². The van der Waals surface area contributed by atoms with E-state index < -0.39 is 10.0 Å². The summed E-state index contributed by atoms with van der Waals surface area (Å²) in [5, 5.41) is 11.5. The van der Waals surface area contributed by atoms with Gasteiger partial charge < -0.3 is 10.6 Å². The average molecular weight is 341 g/mol. The number of rotatable bonds is 5. The third kappa shape index (κ3) is 3.87. The van der Waals surface area contributed by atoms with Crippen LogP contribution < -0.4 is 10.6 Å². The summed E-state index contributed by atoms with van der Waals surface area (Å²) >= 11 is 0. The Kier molecular flexibility index (Phi) is 4.93. The predicted molar refractivity (Wildman–Crippen MR) is 91.0 cm³/mol. The molecule has 7 nitrogen and oxygen atoms in total. The topological polar surface area (TPSA) is 79.3 Å². The molecule has 2 aliphatic rings. The lowest BCUT2D eigenvalue weighted by Crippen LogP contribution is -2.47. The molecule has 0 radical (unpaired) electrons. The number of aryl methyl sites for hydroxylation is 1. The summed E-state index contributed by atoms with van der Waals surface area (Å²) in [4.78, 5) is 0. The standard InChI is InChI=1S/C15H27N5O2S/c1-3-23(21,22)19-6-4-14(5-7-19)16-9-13-10-17-15-8-12(2)18-20(15)11-13/h8,13-14,16-17H,3-7,9-11H2,1-2H3/t13-/m1/s1. The van der Waals surface area contributed by atoms with Crippen LogP contribution in [-0.2, 0) is 16.6 Å². The molecule has 1 aromatic heterocycles. The van der Waals surface area contributed by atoms with E-state index >= 15 is 0 Å². The number of fused-ring (bicyclic) bond motifs is 1. The Morgan fingerprint density at radius 3 is 2.83 bits per heavy atom. The Hall–Kier alpha value is -1.12. The normalized spacial score (nSPS) is 23.5. The molecule has 1 atom stereocenters. The number of hydrogen-bond donors (Lipinski definition) is 2. The van der Waals surface area contributed by atoms with Gasteiger partial charge in [0.05, 0.1) is 11.4 Å². The summed E-state index contributed by atoms with van der Waals surface area (Å²) in [6.45, 7) is 7.84. The molecule has 8 heteroatoms. The smallest absolute Gasteiger partial charge is 0.213 e. The molecule has 0 aromatic carbocycles. The molecule has 0 unspecified atom stereocenters. The predicted octanol–water partition coefficient (Wildman–Crippen LogP) is 0.637. The minimum absolute atomic E-state index is 0.199. The molecule has 0 amide bonds. The van der Waals surface area contributed by atoms with Crippen LogP contribution in [-0.4, -0.2) is 60.5 Å². The van der Waals surface area contributed by atoms with Gasteiger partial charge in [0, 0.05) is 50.7 Å². The molecular formula is C15H27N5O2S. The Balaban J connectivity index is 1.44. The van der Waals surface area contributed by atoms with Crippen molar-refractivity contribution in [1.29, 1.82) is 0 Å². The highest BCUT2D eigenvalue weighted by molar-refractivity contribution is 7.89. The van der Waals surface area contributed by atoms with E-state index in [1.165, 1.54) is 0 Å². The molecular weight excluding hydrogens is 314 g/mol. The fourth-order valence-electron chi connectivity index (χ4n) is 3.38. The van der Waals surface area contributed by atoms with E-state index in [2.05, 4.69) is 21.8 Å². The second kappa shape index (κ2) is 6.78. The second-order valence-electron chi connectivity index (χ2n) is 6.58. The molecule has 0 bridgehead atoms. The number of nitrogens with one attached hydrogen (secondary N) is 2. The first-order chi connectivity index (χ1) is 11.0.